The summed E-state index contributed by atoms with van der Waals surface area (Å²) < 4.78 is 11.6. The molecule has 1 aliphatic heterocycles. The maximum absolute atomic E-state index is 13.0. The second-order valence-corrected chi connectivity index (χ2v) is 8.70. The minimum atomic E-state index is -0.0629. The van der Waals surface area contributed by atoms with Crippen molar-refractivity contribution in [2.24, 2.45) is 0 Å². The van der Waals surface area contributed by atoms with E-state index in [0.29, 0.717) is 36.9 Å². The van der Waals surface area contributed by atoms with Crippen molar-refractivity contribution in [3.8, 4) is 5.75 Å². The Morgan fingerprint density at radius 3 is 3.03 bits per heavy atom. The Kier molecular flexibility index (Phi) is 5.62. The lowest BCUT2D eigenvalue weighted by atomic mass is 10.0. The summed E-state index contributed by atoms with van der Waals surface area (Å²) in [6, 6.07) is 17.2. The number of benzene rings is 2. The van der Waals surface area contributed by atoms with Gasteiger partial charge in [-0.1, -0.05) is 29.3 Å². The molecule has 4 aromatic rings. The lowest BCUT2D eigenvalue weighted by Gasteiger charge is -2.14. The van der Waals surface area contributed by atoms with E-state index in [1.807, 2.05) is 54.3 Å². The zero-order valence-corrected chi connectivity index (χ0v) is 18.6. The van der Waals surface area contributed by atoms with Crippen LogP contribution in [0.15, 0.2) is 59.0 Å². The number of carbonyl (C=O) groups is 1. The van der Waals surface area contributed by atoms with Gasteiger partial charge in [0, 0.05) is 41.5 Å². The van der Waals surface area contributed by atoms with E-state index in [9.17, 15) is 4.79 Å². The summed E-state index contributed by atoms with van der Waals surface area (Å²) in [6.45, 7) is 3.89. The van der Waals surface area contributed by atoms with Gasteiger partial charge in [-0.2, -0.15) is 5.10 Å². The standard InChI is InChI=1S/C25H24ClN3O3/c1-16-5-6-23-18(11-16)12-24(32-23)25(30)29-9-7-17(15-29)22-14-20(27-28-22)8-10-31-21-4-2-3-19(26)13-21/h2-6,11-14,17H,7-10,15H2,1H3,(H,27,28). The highest BCUT2D eigenvalue weighted by molar-refractivity contribution is 6.30. The maximum atomic E-state index is 13.0. The number of nitrogens with one attached hydrogen (secondary N) is 1. The first-order valence-corrected chi connectivity index (χ1v) is 11.1. The number of nitrogens with zero attached hydrogens (tertiary/aromatic N) is 2. The van der Waals surface area contributed by atoms with Gasteiger partial charge in [0.15, 0.2) is 5.76 Å². The molecule has 1 amide bonds. The Bertz CT molecular complexity index is 1260. The average molecular weight is 450 g/mol. The SMILES string of the molecule is Cc1ccc2oc(C(=O)N3CCC(c4cc(CCOc5cccc(Cl)c5)[nH]n4)C3)cc2c1. The smallest absolute Gasteiger partial charge is 0.289 e. The summed E-state index contributed by atoms with van der Waals surface area (Å²) >= 11 is 5.99. The van der Waals surface area contributed by atoms with Crippen LogP contribution >= 0.6 is 11.6 Å². The van der Waals surface area contributed by atoms with E-state index < -0.39 is 0 Å². The van der Waals surface area contributed by atoms with Crippen molar-refractivity contribution in [2.75, 3.05) is 19.7 Å². The van der Waals surface area contributed by atoms with Crippen LogP contribution in [0.5, 0.6) is 5.75 Å². The molecule has 1 saturated heterocycles. The molecule has 5 rings (SSSR count). The van der Waals surface area contributed by atoms with Gasteiger partial charge in [-0.05, 0) is 55.8 Å². The summed E-state index contributed by atoms with van der Waals surface area (Å²) in [6.07, 6.45) is 1.60. The quantitative estimate of drug-likeness (QED) is 0.429. The van der Waals surface area contributed by atoms with E-state index in [0.717, 1.165) is 40.1 Å². The largest absolute Gasteiger partial charge is 0.493 e. The van der Waals surface area contributed by atoms with Crippen molar-refractivity contribution >= 4 is 28.5 Å². The number of aryl methyl sites for hydroxylation is 1. The fourth-order valence-corrected chi connectivity index (χ4v) is 4.34. The molecule has 0 radical (unpaired) electrons. The molecule has 164 valence electrons. The highest BCUT2D eigenvalue weighted by atomic mass is 35.5. The number of amides is 1. The van der Waals surface area contributed by atoms with Gasteiger partial charge in [-0.15, -0.1) is 0 Å². The first-order valence-electron chi connectivity index (χ1n) is 10.8. The van der Waals surface area contributed by atoms with Crippen LogP contribution in [0, 0.1) is 6.92 Å². The van der Waals surface area contributed by atoms with E-state index in [1.54, 1.807) is 6.07 Å². The molecule has 1 N–H and O–H groups in total. The molecule has 0 spiro atoms. The Morgan fingerprint density at radius 2 is 2.16 bits per heavy atom. The molecule has 0 aliphatic carbocycles. The zero-order chi connectivity index (χ0) is 22.1. The van der Waals surface area contributed by atoms with Crippen molar-refractivity contribution in [3.05, 3.63) is 82.3 Å². The molecule has 1 unspecified atom stereocenters. The number of fused-ring (bicyclic) bond motifs is 1. The van der Waals surface area contributed by atoms with Crippen LogP contribution in [0.3, 0.4) is 0 Å². The minimum absolute atomic E-state index is 0.0629. The van der Waals surface area contributed by atoms with E-state index in [2.05, 4.69) is 16.3 Å². The van der Waals surface area contributed by atoms with Gasteiger partial charge in [0.05, 0.1) is 12.3 Å². The molecule has 0 saturated carbocycles. The van der Waals surface area contributed by atoms with Crippen LogP contribution in [0.4, 0.5) is 0 Å². The topological polar surface area (TPSA) is 71.4 Å². The van der Waals surface area contributed by atoms with Gasteiger partial charge in [-0.25, -0.2) is 0 Å². The van der Waals surface area contributed by atoms with Crippen molar-refractivity contribution in [3.63, 3.8) is 0 Å². The normalized spacial score (nSPS) is 16.1. The van der Waals surface area contributed by atoms with Crippen LogP contribution in [-0.2, 0) is 6.42 Å². The zero-order valence-electron chi connectivity index (χ0n) is 17.8. The van der Waals surface area contributed by atoms with Gasteiger partial charge in [0.1, 0.15) is 11.3 Å². The van der Waals surface area contributed by atoms with Crippen LogP contribution in [0.25, 0.3) is 11.0 Å². The number of carbonyl (C=O) groups excluding carboxylic acids is 1. The molecule has 1 atom stereocenters. The molecular formula is C25H24ClN3O3. The number of hydrogen-bond acceptors (Lipinski definition) is 4. The number of furan rings is 1. The van der Waals surface area contributed by atoms with Crippen LogP contribution < -0.4 is 4.74 Å². The third-order valence-corrected chi connectivity index (χ3v) is 6.10. The summed E-state index contributed by atoms with van der Waals surface area (Å²) in [5.41, 5.74) is 3.88. The van der Waals surface area contributed by atoms with Crippen molar-refractivity contribution < 1.29 is 13.9 Å². The molecule has 7 heteroatoms. The minimum Gasteiger partial charge on any atom is -0.493 e. The average Bonchev–Trinajstić information content (AvgIpc) is 3.52. The Labute approximate surface area is 191 Å². The molecular weight excluding hydrogens is 426 g/mol. The molecule has 32 heavy (non-hydrogen) atoms. The second-order valence-electron chi connectivity index (χ2n) is 8.26. The first kappa shape index (κ1) is 20.6. The number of halogens is 1. The Morgan fingerprint density at radius 1 is 1.25 bits per heavy atom. The number of ether oxygens (including phenoxy) is 1. The Balaban J connectivity index is 1.18. The molecule has 2 aromatic carbocycles. The monoisotopic (exact) mass is 449 g/mol. The molecule has 6 nitrogen and oxygen atoms in total. The van der Waals surface area contributed by atoms with Crippen molar-refractivity contribution in [1.29, 1.82) is 0 Å². The first-order chi connectivity index (χ1) is 15.5. The maximum Gasteiger partial charge on any atom is 0.289 e. The fraction of sp³-hybridized carbons (Fsp3) is 0.280. The number of aromatic amines is 1. The highest BCUT2D eigenvalue weighted by Gasteiger charge is 2.31. The Hall–Kier alpha value is -3.25. The third kappa shape index (κ3) is 4.36. The van der Waals surface area contributed by atoms with E-state index >= 15 is 0 Å². The van der Waals surface area contributed by atoms with E-state index in [4.69, 9.17) is 20.8 Å². The molecule has 1 fully saturated rings. The van der Waals surface area contributed by atoms with Crippen molar-refractivity contribution in [2.45, 2.75) is 25.7 Å². The number of likely N-dealkylation sites (tertiary alicyclic amines) is 1. The molecule has 3 heterocycles. The van der Waals surface area contributed by atoms with Gasteiger partial charge >= 0.3 is 0 Å². The number of rotatable bonds is 6. The summed E-state index contributed by atoms with van der Waals surface area (Å²) in [5.74, 6) is 1.30. The van der Waals surface area contributed by atoms with Crippen LogP contribution in [0.2, 0.25) is 5.02 Å². The predicted octanol–water partition coefficient (Wildman–Crippen LogP) is 5.37. The second kappa shape index (κ2) is 8.71. The van der Waals surface area contributed by atoms with Gasteiger partial charge in [0.25, 0.3) is 5.91 Å². The number of hydrogen-bond donors (Lipinski definition) is 1. The summed E-state index contributed by atoms with van der Waals surface area (Å²) in [5, 5.41) is 9.20. The van der Waals surface area contributed by atoms with Crippen molar-refractivity contribution in [1.82, 2.24) is 15.1 Å². The molecule has 2 aromatic heterocycles. The van der Waals surface area contributed by atoms with Crippen LogP contribution in [-0.4, -0.2) is 40.7 Å². The summed E-state index contributed by atoms with van der Waals surface area (Å²) in [4.78, 5) is 14.8. The number of H-pyrrole nitrogens is 1. The van der Waals surface area contributed by atoms with Gasteiger partial charge in [0.2, 0.25) is 0 Å². The predicted molar refractivity (Wildman–Crippen MR) is 123 cm³/mol. The lowest BCUT2D eigenvalue weighted by Crippen LogP contribution is -2.28. The van der Waals surface area contributed by atoms with Gasteiger partial charge < -0.3 is 14.1 Å². The fourth-order valence-electron chi connectivity index (χ4n) is 4.16. The van der Waals surface area contributed by atoms with E-state index in [-0.39, 0.29) is 11.8 Å². The van der Waals surface area contributed by atoms with Gasteiger partial charge in [-0.3, -0.25) is 9.89 Å². The van der Waals surface area contributed by atoms with E-state index in [1.165, 1.54) is 0 Å². The lowest BCUT2D eigenvalue weighted by molar-refractivity contribution is 0.0761. The molecule has 1 aliphatic rings. The highest BCUT2D eigenvalue weighted by Crippen LogP contribution is 2.29. The van der Waals surface area contributed by atoms with Crippen LogP contribution in [0.1, 0.15) is 39.8 Å². The third-order valence-electron chi connectivity index (χ3n) is 5.86. The number of aromatic nitrogens is 2. The summed E-state index contributed by atoms with van der Waals surface area (Å²) in [7, 11) is 0. The molecule has 0 bridgehead atoms.